The lowest BCUT2D eigenvalue weighted by Crippen LogP contribution is -2.53. The van der Waals surface area contributed by atoms with Crippen LogP contribution in [0.1, 0.15) is 6.42 Å². The van der Waals surface area contributed by atoms with Crippen molar-refractivity contribution in [3.05, 3.63) is 12.7 Å². The molecule has 0 aromatic rings. The molecule has 0 spiro atoms. The van der Waals surface area contributed by atoms with Crippen molar-refractivity contribution in [3.8, 4) is 0 Å². The maximum absolute atomic E-state index is 10.6. The molecule has 0 saturated carbocycles. The Hall–Kier alpha value is -0.910. The molecular weight excluding hydrogens is 158 g/mol. The molecule has 0 heterocycles. The molecule has 0 rings (SSSR count). The zero-order valence-corrected chi connectivity index (χ0v) is 6.95. The van der Waals surface area contributed by atoms with Gasteiger partial charge in [0.25, 0.3) is 0 Å². The van der Waals surface area contributed by atoms with Crippen molar-refractivity contribution in [2.24, 2.45) is 17.2 Å². The van der Waals surface area contributed by atoms with Gasteiger partial charge in [0.2, 0.25) is 0 Å². The maximum atomic E-state index is 10.6. The summed E-state index contributed by atoms with van der Waals surface area (Å²) in [5, 5.41) is 0. The fourth-order valence-corrected chi connectivity index (χ4v) is 0.601. The molecule has 0 aliphatic heterocycles. The van der Waals surface area contributed by atoms with E-state index in [1.807, 2.05) is 0 Å². The van der Waals surface area contributed by atoms with E-state index in [9.17, 15) is 4.79 Å². The second-order valence-corrected chi connectivity index (χ2v) is 2.59. The van der Waals surface area contributed by atoms with Gasteiger partial charge in [0.05, 0.1) is 6.54 Å². The van der Waals surface area contributed by atoms with E-state index in [1.54, 1.807) is 6.08 Å². The molecular formula is C7H15N3O2. The van der Waals surface area contributed by atoms with Crippen LogP contribution >= 0.6 is 0 Å². The van der Waals surface area contributed by atoms with E-state index in [1.165, 1.54) is 0 Å². The normalized spacial score (nSPS) is 10.9. The van der Waals surface area contributed by atoms with Gasteiger partial charge in [-0.1, -0.05) is 6.08 Å². The fraction of sp³-hybridized carbons (Fsp3) is 0.571. The van der Waals surface area contributed by atoms with E-state index in [0.29, 0.717) is 6.42 Å². The summed E-state index contributed by atoms with van der Waals surface area (Å²) < 4.78 is 4.65. The van der Waals surface area contributed by atoms with Gasteiger partial charge in [0, 0.05) is 0 Å². The third kappa shape index (κ3) is 4.84. The van der Waals surface area contributed by atoms with E-state index >= 15 is 0 Å². The van der Waals surface area contributed by atoms with E-state index in [-0.39, 0.29) is 13.2 Å². The van der Waals surface area contributed by atoms with Crippen LogP contribution in [0.15, 0.2) is 12.7 Å². The van der Waals surface area contributed by atoms with Crippen molar-refractivity contribution >= 4 is 5.97 Å². The molecule has 0 aromatic heterocycles. The van der Waals surface area contributed by atoms with Crippen LogP contribution in [0.4, 0.5) is 0 Å². The summed E-state index contributed by atoms with van der Waals surface area (Å²) in [7, 11) is 0. The van der Waals surface area contributed by atoms with Crippen molar-refractivity contribution in [2.75, 3.05) is 13.2 Å². The first-order chi connectivity index (χ1) is 5.52. The first-order valence-corrected chi connectivity index (χ1v) is 3.56. The highest BCUT2D eigenvalue weighted by Crippen LogP contribution is 1.99. The van der Waals surface area contributed by atoms with Gasteiger partial charge in [-0.15, -0.1) is 6.58 Å². The third-order valence-electron chi connectivity index (χ3n) is 1.19. The number of hydrogen-bond donors (Lipinski definition) is 3. The van der Waals surface area contributed by atoms with Crippen molar-refractivity contribution < 1.29 is 9.53 Å². The molecule has 0 radical (unpaired) electrons. The van der Waals surface area contributed by atoms with Crippen LogP contribution in [0.2, 0.25) is 0 Å². The summed E-state index contributed by atoms with van der Waals surface area (Å²) in [6.45, 7) is 3.26. The third-order valence-corrected chi connectivity index (χ3v) is 1.19. The van der Waals surface area contributed by atoms with Gasteiger partial charge in [0.15, 0.2) is 0 Å². The predicted octanol–water partition coefficient (Wildman–Crippen LogP) is -1.32. The molecule has 0 aliphatic rings. The monoisotopic (exact) mass is 173 g/mol. The fourth-order valence-electron chi connectivity index (χ4n) is 0.601. The number of nitrogens with two attached hydrogens (primary N) is 3. The highest BCUT2D eigenvalue weighted by molar-refractivity contribution is 5.71. The second-order valence-electron chi connectivity index (χ2n) is 2.59. The van der Waals surface area contributed by atoms with E-state index in [0.717, 1.165) is 0 Å². The Morgan fingerprint density at radius 1 is 1.58 bits per heavy atom. The zero-order valence-electron chi connectivity index (χ0n) is 6.95. The number of carbonyl (C=O) groups excluding carboxylic acids is 1. The van der Waals surface area contributed by atoms with Crippen LogP contribution in [0.5, 0.6) is 0 Å². The minimum absolute atomic E-state index is 0.0466. The van der Waals surface area contributed by atoms with Crippen molar-refractivity contribution in [1.29, 1.82) is 0 Å². The number of carbonyl (C=O) groups is 1. The lowest BCUT2D eigenvalue weighted by Gasteiger charge is -2.21. The predicted molar refractivity (Wildman–Crippen MR) is 45.9 cm³/mol. The van der Waals surface area contributed by atoms with Gasteiger partial charge >= 0.3 is 5.97 Å². The van der Waals surface area contributed by atoms with Crippen LogP contribution in [0.3, 0.4) is 0 Å². The summed E-state index contributed by atoms with van der Waals surface area (Å²) in [6.07, 6.45) is 1.95. The van der Waals surface area contributed by atoms with Crippen molar-refractivity contribution in [2.45, 2.75) is 12.1 Å². The van der Waals surface area contributed by atoms with Crippen molar-refractivity contribution in [3.63, 3.8) is 0 Å². The lowest BCUT2D eigenvalue weighted by molar-refractivity contribution is -0.143. The average Bonchev–Trinajstić information content (AvgIpc) is 2.00. The van der Waals surface area contributed by atoms with Gasteiger partial charge in [-0.3, -0.25) is 4.79 Å². The minimum Gasteiger partial charge on any atom is -0.461 e. The molecule has 0 aliphatic carbocycles. The highest BCUT2D eigenvalue weighted by Gasteiger charge is 2.18. The van der Waals surface area contributed by atoms with Crippen LogP contribution in [0, 0.1) is 0 Å². The van der Waals surface area contributed by atoms with Gasteiger partial charge in [0.1, 0.15) is 12.3 Å². The number of rotatable bonds is 5. The Balaban J connectivity index is 3.74. The van der Waals surface area contributed by atoms with E-state index in [4.69, 9.17) is 17.2 Å². The molecule has 0 atom stereocenters. The van der Waals surface area contributed by atoms with Crippen LogP contribution in [0.25, 0.3) is 0 Å². The Morgan fingerprint density at radius 2 is 2.17 bits per heavy atom. The highest BCUT2D eigenvalue weighted by atomic mass is 16.5. The molecule has 70 valence electrons. The Morgan fingerprint density at radius 3 is 2.58 bits per heavy atom. The molecule has 5 heteroatoms. The maximum Gasteiger partial charge on any atom is 0.319 e. The first-order valence-electron chi connectivity index (χ1n) is 3.56. The van der Waals surface area contributed by atoms with Crippen LogP contribution < -0.4 is 17.2 Å². The van der Waals surface area contributed by atoms with E-state index in [2.05, 4.69) is 11.3 Å². The van der Waals surface area contributed by atoms with Gasteiger partial charge in [-0.25, -0.2) is 0 Å². The molecule has 0 fully saturated rings. The number of hydrogen-bond acceptors (Lipinski definition) is 5. The second kappa shape index (κ2) is 4.87. The Labute approximate surface area is 71.5 Å². The van der Waals surface area contributed by atoms with Crippen LogP contribution in [-0.2, 0) is 9.53 Å². The summed E-state index contributed by atoms with van der Waals surface area (Å²) in [5.74, 6) is -0.515. The van der Waals surface area contributed by atoms with E-state index < -0.39 is 11.6 Å². The largest absolute Gasteiger partial charge is 0.461 e. The summed E-state index contributed by atoms with van der Waals surface area (Å²) in [5.41, 5.74) is 15.0. The molecule has 6 N–H and O–H groups in total. The Bertz CT molecular complexity index is 168. The SMILES string of the molecule is C=CCC(N)(N)COC(=O)CN. The Kier molecular flexibility index (Phi) is 4.50. The molecule has 0 saturated heterocycles. The van der Waals surface area contributed by atoms with Gasteiger partial charge in [-0.05, 0) is 6.42 Å². The molecule has 5 nitrogen and oxygen atoms in total. The number of ether oxygens (including phenoxy) is 1. The molecule has 12 heavy (non-hydrogen) atoms. The number of esters is 1. The molecule has 0 unspecified atom stereocenters. The topological polar surface area (TPSA) is 104 Å². The average molecular weight is 173 g/mol. The molecule has 0 bridgehead atoms. The first kappa shape index (κ1) is 11.1. The van der Waals surface area contributed by atoms with Crippen LogP contribution in [-0.4, -0.2) is 24.8 Å². The summed E-state index contributed by atoms with van der Waals surface area (Å²) >= 11 is 0. The van der Waals surface area contributed by atoms with Gasteiger partial charge in [-0.2, -0.15) is 0 Å². The smallest absolute Gasteiger partial charge is 0.319 e. The molecule has 0 aromatic carbocycles. The minimum atomic E-state index is -1.04. The molecule has 0 amide bonds. The quantitative estimate of drug-likeness (QED) is 0.272. The lowest BCUT2D eigenvalue weighted by atomic mass is 10.1. The summed E-state index contributed by atoms with van der Waals surface area (Å²) in [4.78, 5) is 10.6. The standard InChI is InChI=1S/C7H15N3O2/c1-2-3-7(9,10)5-12-6(11)4-8/h2H,1,3-5,8-10H2. The summed E-state index contributed by atoms with van der Waals surface area (Å²) in [6, 6.07) is 0. The van der Waals surface area contributed by atoms with Crippen molar-refractivity contribution in [1.82, 2.24) is 0 Å². The zero-order chi connectivity index (χ0) is 9.61. The van der Waals surface area contributed by atoms with Gasteiger partial charge < -0.3 is 21.9 Å².